The third kappa shape index (κ3) is 6.20. The van der Waals surface area contributed by atoms with Crippen molar-refractivity contribution in [2.24, 2.45) is 5.92 Å². The Hall–Kier alpha value is -2.88. The Bertz CT molecular complexity index is 684. The van der Waals surface area contributed by atoms with Crippen LogP contribution in [0, 0.1) is 12.8 Å². The van der Waals surface area contributed by atoms with Gasteiger partial charge in [0.25, 0.3) is 12.4 Å². The predicted octanol–water partition coefficient (Wildman–Crippen LogP) is 0.246. The summed E-state index contributed by atoms with van der Waals surface area (Å²) in [6, 6.07) is 0. The number of H-pyrrole nitrogens is 1. The highest BCUT2D eigenvalue weighted by Crippen LogP contribution is 2.17. The van der Waals surface area contributed by atoms with Gasteiger partial charge in [0, 0.05) is 18.9 Å². The number of aromatic nitrogens is 5. The van der Waals surface area contributed by atoms with Gasteiger partial charge in [-0.25, -0.2) is 9.97 Å². The lowest BCUT2D eigenvalue weighted by Crippen LogP contribution is -2.38. The zero-order valence-corrected chi connectivity index (χ0v) is 14.6. The number of aromatic amines is 1. The zero-order chi connectivity index (χ0) is 18.8. The van der Waals surface area contributed by atoms with Crippen LogP contribution in [0.2, 0.25) is 0 Å². The fourth-order valence-electron chi connectivity index (χ4n) is 2.75. The molecule has 3 heterocycles. The molecule has 0 unspecified atom stereocenters. The number of likely N-dealkylation sites (tertiary alicyclic amines) is 1. The van der Waals surface area contributed by atoms with E-state index in [-0.39, 0.29) is 12.4 Å². The number of rotatable bonds is 5. The van der Waals surface area contributed by atoms with Gasteiger partial charge in [-0.3, -0.25) is 24.6 Å². The van der Waals surface area contributed by atoms with E-state index >= 15 is 0 Å². The van der Waals surface area contributed by atoms with Crippen LogP contribution in [0.5, 0.6) is 0 Å². The van der Waals surface area contributed by atoms with Crippen molar-refractivity contribution >= 4 is 12.4 Å². The first kappa shape index (κ1) is 19.4. The molecule has 0 spiro atoms. The Morgan fingerprint density at radius 1 is 1.42 bits per heavy atom. The topological polar surface area (TPSA) is 137 Å². The fourth-order valence-corrected chi connectivity index (χ4v) is 2.75. The molecule has 0 aromatic carbocycles. The van der Waals surface area contributed by atoms with Gasteiger partial charge in [-0.2, -0.15) is 5.10 Å². The minimum Gasteiger partial charge on any atom is -0.483 e. The molecule has 0 aliphatic carbocycles. The minimum absolute atomic E-state index is 0.156. The molecule has 10 heteroatoms. The summed E-state index contributed by atoms with van der Waals surface area (Å²) < 4.78 is 0. The first-order valence-electron chi connectivity index (χ1n) is 8.34. The Morgan fingerprint density at radius 2 is 2.15 bits per heavy atom. The normalized spacial score (nSPS) is 15.0. The number of hydrogen-bond acceptors (Lipinski definition) is 7. The summed E-state index contributed by atoms with van der Waals surface area (Å²) in [5, 5.41) is 16.9. The van der Waals surface area contributed by atoms with Crippen LogP contribution in [0.3, 0.4) is 0 Å². The third-order valence-electron chi connectivity index (χ3n) is 4.06. The Morgan fingerprint density at radius 3 is 2.73 bits per heavy atom. The van der Waals surface area contributed by atoms with Crippen molar-refractivity contribution in [3.05, 3.63) is 35.9 Å². The Kier molecular flexibility index (Phi) is 7.62. The van der Waals surface area contributed by atoms with E-state index in [0.717, 1.165) is 44.1 Å². The summed E-state index contributed by atoms with van der Waals surface area (Å²) in [4.78, 5) is 34.9. The highest BCUT2D eigenvalue weighted by Gasteiger charge is 2.21. The van der Waals surface area contributed by atoms with E-state index in [0.29, 0.717) is 18.2 Å². The molecule has 3 N–H and O–H groups in total. The zero-order valence-electron chi connectivity index (χ0n) is 14.6. The average molecular weight is 361 g/mol. The summed E-state index contributed by atoms with van der Waals surface area (Å²) in [5.74, 6) is 2.04. The van der Waals surface area contributed by atoms with Gasteiger partial charge >= 0.3 is 0 Å². The number of aryl methyl sites for hydroxylation is 1. The number of carbonyl (C=O) groups is 2. The van der Waals surface area contributed by atoms with E-state index in [4.69, 9.17) is 9.90 Å². The molecule has 0 radical (unpaired) electrons. The molecule has 1 fully saturated rings. The molecule has 1 saturated heterocycles. The van der Waals surface area contributed by atoms with E-state index < -0.39 is 0 Å². The van der Waals surface area contributed by atoms with E-state index in [1.54, 1.807) is 6.20 Å². The van der Waals surface area contributed by atoms with Crippen molar-refractivity contribution in [3.8, 4) is 0 Å². The van der Waals surface area contributed by atoms with Gasteiger partial charge in [0.05, 0.1) is 12.7 Å². The predicted molar refractivity (Wildman–Crippen MR) is 92.2 cm³/mol. The van der Waals surface area contributed by atoms with E-state index in [1.807, 2.05) is 6.92 Å². The van der Waals surface area contributed by atoms with Crippen molar-refractivity contribution in [2.45, 2.75) is 26.3 Å². The maximum absolute atomic E-state index is 12.0. The second-order valence-corrected chi connectivity index (χ2v) is 5.96. The van der Waals surface area contributed by atoms with Crippen molar-refractivity contribution in [1.29, 1.82) is 0 Å². The van der Waals surface area contributed by atoms with Gasteiger partial charge in [-0.05, 0) is 38.8 Å². The van der Waals surface area contributed by atoms with Crippen LogP contribution in [0.15, 0.2) is 18.6 Å². The van der Waals surface area contributed by atoms with Crippen molar-refractivity contribution in [2.75, 3.05) is 19.6 Å². The molecule has 2 aromatic rings. The van der Waals surface area contributed by atoms with Crippen molar-refractivity contribution in [3.63, 3.8) is 0 Å². The number of carboxylic acid groups (broad SMARTS) is 1. The summed E-state index contributed by atoms with van der Waals surface area (Å²) >= 11 is 0. The van der Waals surface area contributed by atoms with Gasteiger partial charge in [-0.15, -0.1) is 0 Å². The van der Waals surface area contributed by atoms with Gasteiger partial charge in [-0.1, -0.05) is 0 Å². The lowest BCUT2D eigenvalue weighted by atomic mass is 9.97. The largest absolute Gasteiger partial charge is 0.483 e. The van der Waals surface area contributed by atoms with Crippen LogP contribution < -0.4 is 5.32 Å². The first-order chi connectivity index (χ1) is 12.6. The van der Waals surface area contributed by atoms with Gasteiger partial charge in [0.15, 0.2) is 5.82 Å². The van der Waals surface area contributed by atoms with Crippen LogP contribution in [-0.4, -0.2) is 67.2 Å². The summed E-state index contributed by atoms with van der Waals surface area (Å²) in [5.41, 5.74) is 0.366. The van der Waals surface area contributed by atoms with Crippen LogP contribution in [-0.2, 0) is 11.3 Å². The number of amides is 1. The molecular formula is C16H23N7O3. The maximum Gasteiger partial charge on any atom is 0.290 e. The summed E-state index contributed by atoms with van der Waals surface area (Å²) in [6.07, 6.45) is 6.69. The number of nitrogens with zero attached hydrogens (tertiary/aromatic N) is 5. The molecule has 10 nitrogen and oxygen atoms in total. The average Bonchev–Trinajstić information content (AvgIpc) is 3.07. The monoisotopic (exact) mass is 361 g/mol. The molecule has 0 saturated carbocycles. The molecule has 0 atom stereocenters. The van der Waals surface area contributed by atoms with Crippen molar-refractivity contribution < 1.29 is 14.7 Å². The standard InChI is InChI=1S/C15H21N7O.CH2O2/c1-11-19-14(21-20-11)10-22-6-2-12(3-7-22)8-18-15(23)13-9-16-4-5-17-13;2-1-3/h4-5,9,12H,2-3,6-8,10H2,1H3,(H,18,23)(H,19,20,21);1H,(H,2,3). The van der Waals surface area contributed by atoms with Gasteiger partial charge in [0.1, 0.15) is 11.5 Å². The maximum atomic E-state index is 12.0. The molecule has 1 aliphatic heterocycles. The van der Waals surface area contributed by atoms with E-state index in [2.05, 4.69) is 35.4 Å². The number of piperidine rings is 1. The molecule has 1 aliphatic rings. The lowest BCUT2D eigenvalue weighted by Gasteiger charge is -2.31. The first-order valence-corrected chi connectivity index (χ1v) is 8.34. The molecule has 2 aromatic heterocycles. The Balaban J connectivity index is 0.000000758. The van der Waals surface area contributed by atoms with Crippen LogP contribution in [0.4, 0.5) is 0 Å². The van der Waals surface area contributed by atoms with Gasteiger partial charge in [0.2, 0.25) is 0 Å². The van der Waals surface area contributed by atoms with Crippen LogP contribution in [0.25, 0.3) is 0 Å². The van der Waals surface area contributed by atoms with E-state index in [1.165, 1.54) is 12.4 Å². The summed E-state index contributed by atoms with van der Waals surface area (Å²) in [7, 11) is 0. The molecule has 1 amide bonds. The lowest BCUT2D eigenvalue weighted by molar-refractivity contribution is -0.122. The Labute approximate surface area is 151 Å². The number of carbonyl (C=O) groups excluding carboxylic acids is 1. The van der Waals surface area contributed by atoms with Crippen molar-refractivity contribution in [1.82, 2.24) is 35.4 Å². The third-order valence-corrected chi connectivity index (χ3v) is 4.06. The molecule has 26 heavy (non-hydrogen) atoms. The minimum atomic E-state index is -0.250. The highest BCUT2D eigenvalue weighted by atomic mass is 16.3. The van der Waals surface area contributed by atoms with Crippen LogP contribution in [0.1, 0.15) is 35.0 Å². The number of nitrogens with one attached hydrogen (secondary N) is 2. The van der Waals surface area contributed by atoms with E-state index in [9.17, 15) is 4.79 Å². The second-order valence-electron chi connectivity index (χ2n) is 5.96. The highest BCUT2D eigenvalue weighted by molar-refractivity contribution is 5.91. The number of hydrogen-bond donors (Lipinski definition) is 3. The summed E-state index contributed by atoms with van der Waals surface area (Å²) in [6.45, 7) is 5.12. The SMILES string of the molecule is Cc1nc(CN2CCC(CNC(=O)c3cnccn3)CC2)n[nH]1.O=CO. The molecule has 0 bridgehead atoms. The second kappa shape index (κ2) is 10.2. The quantitative estimate of drug-likeness (QED) is 0.644. The fraction of sp³-hybridized carbons (Fsp3) is 0.500. The van der Waals surface area contributed by atoms with Gasteiger partial charge < -0.3 is 10.4 Å². The molecular weight excluding hydrogens is 338 g/mol. The molecule has 140 valence electrons. The smallest absolute Gasteiger partial charge is 0.290 e. The molecule has 3 rings (SSSR count). The van der Waals surface area contributed by atoms with Crippen LogP contribution >= 0.6 is 0 Å².